The van der Waals surface area contributed by atoms with Gasteiger partial charge < -0.3 is 24.7 Å². The highest BCUT2D eigenvalue weighted by Gasteiger charge is 2.36. The zero-order valence-corrected chi connectivity index (χ0v) is 34.0. The second-order valence-electron chi connectivity index (χ2n) is 15.2. The molecule has 2 aromatic heterocycles. The summed E-state index contributed by atoms with van der Waals surface area (Å²) in [6.45, 7) is 2.43. The molecule has 0 saturated carbocycles. The summed E-state index contributed by atoms with van der Waals surface area (Å²) in [4.78, 5) is 34.2. The van der Waals surface area contributed by atoms with E-state index in [4.69, 9.17) is 21.1 Å². The number of nitrogens with one attached hydrogen (secondary N) is 3. The molecule has 1 amide bonds. The number of hydrogen-bond donors (Lipinski definition) is 3. The standard InChI is InChI=1S/C44H42ClFN6O7S/c45-33-7-5-30(6-8-33)37-4-2-1-3-32(37)26-44(46)16-19-51(20-17-44)34-9-11-38(41(24-34)59-35-23-31-13-18-47-42(31)49-28-35)43(53)50-60(56,57)36-10-12-39(40(25-36)52(54)55)48-27-29-14-21-58-22-15-29/h1-13,18,23-25,28-29,48H,14-17,19-22,26-27H2,(H,47,49)(H,50,53). The van der Waals surface area contributed by atoms with Crippen LogP contribution in [0.3, 0.4) is 0 Å². The van der Waals surface area contributed by atoms with Crippen LogP contribution in [0.25, 0.3) is 22.2 Å². The second-order valence-corrected chi connectivity index (χ2v) is 17.3. The summed E-state index contributed by atoms with van der Waals surface area (Å²) in [7, 11) is -4.60. The molecular formula is C44H42ClFN6O7S. The van der Waals surface area contributed by atoms with Crippen molar-refractivity contribution in [2.75, 3.05) is 43.1 Å². The Bertz CT molecular complexity index is 2650. The number of hydrogen-bond acceptors (Lipinski definition) is 10. The minimum Gasteiger partial charge on any atom is -0.455 e. The van der Waals surface area contributed by atoms with E-state index in [2.05, 4.69) is 20.0 Å². The van der Waals surface area contributed by atoms with Crippen molar-refractivity contribution in [3.63, 3.8) is 0 Å². The number of piperidine rings is 1. The van der Waals surface area contributed by atoms with Gasteiger partial charge in [-0.15, -0.1) is 0 Å². The van der Waals surface area contributed by atoms with Crippen LogP contribution in [0.4, 0.5) is 21.5 Å². The molecule has 6 aromatic rings. The molecule has 8 rings (SSSR count). The van der Waals surface area contributed by atoms with Crippen LogP contribution in [-0.2, 0) is 21.2 Å². The number of rotatable bonds is 13. The topological polar surface area (TPSA) is 169 Å². The van der Waals surface area contributed by atoms with Gasteiger partial charge in [0.05, 0.1) is 21.6 Å². The first kappa shape index (κ1) is 40.7. The number of aromatic amines is 1. The van der Waals surface area contributed by atoms with E-state index in [0.717, 1.165) is 41.0 Å². The molecule has 60 heavy (non-hydrogen) atoms. The number of fused-ring (bicyclic) bond motifs is 1. The van der Waals surface area contributed by atoms with Crippen LogP contribution in [0.2, 0.25) is 5.02 Å². The minimum atomic E-state index is -4.60. The summed E-state index contributed by atoms with van der Waals surface area (Å²) in [5.41, 5.74) is 2.21. The summed E-state index contributed by atoms with van der Waals surface area (Å²) in [5.74, 6) is -0.440. The molecule has 2 aliphatic rings. The van der Waals surface area contributed by atoms with Crippen molar-refractivity contribution in [1.29, 1.82) is 0 Å². The number of H-pyrrole nitrogens is 1. The number of nitro groups is 1. The molecule has 0 atom stereocenters. The van der Waals surface area contributed by atoms with E-state index >= 15 is 4.39 Å². The number of nitrogens with zero attached hydrogens (tertiary/aromatic N) is 3. The predicted molar refractivity (Wildman–Crippen MR) is 228 cm³/mol. The van der Waals surface area contributed by atoms with Gasteiger partial charge in [0.15, 0.2) is 0 Å². The average Bonchev–Trinajstić information content (AvgIpc) is 3.72. The SMILES string of the molecule is O=C(NS(=O)(=O)c1ccc(NCC2CCOCC2)c([N+](=O)[O-])c1)c1ccc(N2CCC(F)(Cc3ccccc3-c3ccc(Cl)cc3)CC2)cc1Oc1cnc2[nH]ccc2c1. The molecule has 0 spiro atoms. The number of nitro benzene ring substituents is 1. The van der Waals surface area contributed by atoms with E-state index in [0.29, 0.717) is 49.2 Å². The molecule has 0 radical (unpaired) electrons. The minimum absolute atomic E-state index is 0.0319. The molecule has 4 aromatic carbocycles. The summed E-state index contributed by atoms with van der Waals surface area (Å²) in [6.07, 6.45) is 5.52. The first-order valence-corrected chi connectivity index (χ1v) is 21.5. The van der Waals surface area contributed by atoms with Gasteiger partial charge in [-0.3, -0.25) is 14.9 Å². The van der Waals surface area contributed by atoms with E-state index in [1.54, 1.807) is 24.4 Å². The maximum absolute atomic E-state index is 16.6. The van der Waals surface area contributed by atoms with Gasteiger partial charge in [-0.2, -0.15) is 0 Å². The van der Waals surface area contributed by atoms with Crippen molar-refractivity contribution < 1.29 is 32.0 Å². The Morgan fingerprint density at radius 1 is 1.02 bits per heavy atom. The number of carbonyl (C=O) groups excluding carboxylic acids is 1. The van der Waals surface area contributed by atoms with E-state index in [1.165, 1.54) is 24.4 Å². The fourth-order valence-electron chi connectivity index (χ4n) is 7.77. The molecule has 0 unspecified atom stereocenters. The Balaban J connectivity index is 1.01. The number of ether oxygens (including phenoxy) is 2. The number of sulfonamides is 1. The molecular weight excluding hydrogens is 811 g/mol. The number of amides is 1. The number of halogens is 2. The number of pyridine rings is 1. The van der Waals surface area contributed by atoms with Crippen LogP contribution in [0.15, 0.2) is 114 Å². The van der Waals surface area contributed by atoms with Crippen LogP contribution < -0.4 is 19.7 Å². The Hall–Kier alpha value is -6.03. The van der Waals surface area contributed by atoms with Crippen molar-refractivity contribution in [3.8, 4) is 22.6 Å². The summed E-state index contributed by atoms with van der Waals surface area (Å²) >= 11 is 6.12. The number of alkyl halides is 1. The number of aromatic nitrogens is 2. The Labute approximate surface area is 351 Å². The van der Waals surface area contributed by atoms with E-state index in [9.17, 15) is 23.3 Å². The van der Waals surface area contributed by atoms with Crippen molar-refractivity contribution in [2.24, 2.45) is 5.92 Å². The van der Waals surface area contributed by atoms with Gasteiger partial charge in [-0.05, 0) is 96.8 Å². The first-order valence-electron chi connectivity index (χ1n) is 19.6. The lowest BCUT2D eigenvalue weighted by Gasteiger charge is -2.38. The van der Waals surface area contributed by atoms with Gasteiger partial charge in [0.1, 0.15) is 28.5 Å². The molecule has 310 valence electrons. The highest BCUT2D eigenvalue weighted by molar-refractivity contribution is 7.90. The fourth-order valence-corrected chi connectivity index (χ4v) is 8.88. The largest absolute Gasteiger partial charge is 0.455 e. The average molecular weight is 853 g/mol. The van der Waals surface area contributed by atoms with Gasteiger partial charge in [-0.25, -0.2) is 22.5 Å². The Kier molecular flexibility index (Phi) is 11.7. The van der Waals surface area contributed by atoms with Crippen LogP contribution in [-0.4, -0.2) is 67.7 Å². The lowest BCUT2D eigenvalue weighted by molar-refractivity contribution is -0.384. The molecule has 4 heterocycles. The van der Waals surface area contributed by atoms with Crippen molar-refractivity contribution >= 4 is 55.6 Å². The summed E-state index contributed by atoms with van der Waals surface area (Å²) < 4.78 is 57.6. The van der Waals surface area contributed by atoms with Crippen LogP contribution in [0.5, 0.6) is 11.5 Å². The molecule has 16 heteroatoms. The van der Waals surface area contributed by atoms with Gasteiger partial charge >= 0.3 is 0 Å². The van der Waals surface area contributed by atoms with Gasteiger partial charge in [0.25, 0.3) is 21.6 Å². The van der Waals surface area contributed by atoms with Crippen molar-refractivity contribution in [1.82, 2.24) is 14.7 Å². The third kappa shape index (κ3) is 9.23. The third-order valence-electron chi connectivity index (χ3n) is 11.1. The van der Waals surface area contributed by atoms with Gasteiger partial charge in [0, 0.05) is 73.7 Å². The lowest BCUT2D eigenvalue weighted by Crippen LogP contribution is -2.43. The van der Waals surface area contributed by atoms with E-state index < -0.39 is 37.1 Å². The van der Waals surface area contributed by atoms with Crippen molar-refractivity contribution in [2.45, 2.75) is 42.7 Å². The zero-order chi connectivity index (χ0) is 41.9. The lowest BCUT2D eigenvalue weighted by atomic mass is 9.84. The smallest absolute Gasteiger partial charge is 0.293 e. The normalized spacial score (nSPS) is 15.7. The van der Waals surface area contributed by atoms with Gasteiger partial charge in [0.2, 0.25) is 0 Å². The van der Waals surface area contributed by atoms with Gasteiger partial charge in [-0.1, -0.05) is 48.0 Å². The maximum atomic E-state index is 16.6. The maximum Gasteiger partial charge on any atom is 0.293 e. The van der Waals surface area contributed by atoms with E-state index in [-0.39, 0.29) is 47.9 Å². The molecule has 3 N–H and O–H groups in total. The third-order valence-corrected chi connectivity index (χ3v) is 12.7. The molecule has 2 saturated heterocycles. The van der Waals surface area contributed by atoms with Crippen LogP contribution >= 0.6 is 11.6 Å². The molecule has 13 nitrogen and oxygen atoms in total. The van der Waals surface area contributed by atoms with E-state index in [1.807, 2.05) is 59.5 Å². The van der Waals surface area contributed by atoms with Crippen LogP contribution in [0, 0.1) is 16.0 Å². The van der Waals surface area contributed by atoms with Crippen LogP contribution in [0.1, 0.15) is 41.6 Å². The molecule has 2 aliphatic heterocycles. The molecule has 0 aliphatic carbocycles. The number of anilines is 2. The first-order chi connectivity index (χ1) is 28.9. The summed E-state index contributed by atoms with van der Waals surface area (Å²) in [6, 6.07) is 27.0. The second kappa shape index (κ2) is 17.3. The fraction of sp³-hybridized carbons (Fsp3) is 0.273. The Morgan fingerprint density at radius 3 is 2.55 bits per heavy atom. The molecule has 2 fully saturated rings. The Morgan fingerprint density at radius 2 is 1.78 bits per heavy atom. The summed E-state index contributed by atoms with van der Waals surface area (Å²) in [5, 5.41) is 16.5. The molecule has 0 bridgehead atoms. The predicted octanol–water partition coefficient (Wildman–Crippen LogP) is 9.09. The highest BCUT2D eigenvalue weighted by Crippen LogP contribution is 2.38. The highest BCUT2D eigenvalue weighted by atomic mass is 35.5. The number of carbonyl (C=O) groups is 1. The monoisotopic (exact) mass is 852 g/mol. The quantitative estimate of drug-likeness (QED) is 0.0753. The number of benzene rings is 4. The van der Waals surface area contributed by atoms with Crippen molar-refractivity contribution in [3.05, 3.63) is 136 Å². The zero-order valence-electron chi connectivity index (χ0n) is 32.4.